The maximum atomic E-state index is 11.1. The highest BCUT2D eigenvalue weighted by atomic mass is 16.3. The van der Waals surface area contributed by atoms with E-state index in [1.807, 2.05) is 13.0 Å². The van der Waals surface area contributed by atoms with E-state index in [0.717, 1.165) is 25.1 Å². The number of nitrogens with two attached hydrogens (primary N) is 1. The number of aliphatic hydroxyl groups is 1. The summed E-state index contributed by atoms with van der Waals surface area (Å²) in [7, 11) is 0. The molecule has 1 aromatic rings. The van der Waals surface area contributed by atoms with Crippen LogP contribution in [0.3, 0.4) is 0 Å². The molecular weight excluding hydrogens is 218 g/mol. The lowest BCUT2D eigenvalue weighted by molar-refractivity contribution is 0.0449. The second kappa shape index (κ2) is 4.33. The van der Waals surface area contributed by atoms with Gasteiger partial charge in [-0.3, -0.25) is 9.78 Å². The Labute approximate surface area is 100 Å². The molecule has 0 spiro atoms. The van der Waals surface area contributed by atoms with Crippen molar-refractivity contribution in [2.75, 3.05) is 18.0 Å². The number of rotatable bonds is 2. The van der Waals surface area contributed by atoms with Crippen LogP contribution in [0.25, 0.3) is 0 Å². The standard InChI is InChI=1S/C12H17N3O2/c1-12(17)4-2-6-15(8-12)9-3-5-14-10(7-9)11(13)16/h3,5,7,17H,2,4,6,8H2,1H3,(H2,13,16). The van der Waals surface area contributed by atoms with Gasteiger partial charge in [-0.2, -0.15) is 0 Å². The molecule has 5 heteroatoms. The van der Waals surface area contributed by atoms with E-state index in [9.17, 15) is 9.90 Å². The van der Waals surface area contributed by atoms with Crippen molar-refractivity contribution in [2.24, 2.45) is 5.73 Å². The molecule has 1 atom stereocenters. The lowest BCUT2D eigenvalue weighted by Crippen LogP contribution is -2.46. The zero-order valence-electron chi connectivity index (χ0n) is 9.89. The lowest BCUT2D eigenvalue weighted by atomic mass is 9.95. The Morgan fingerprint density at radius 2 is 2.41 bits per heavy atom. The first-order valence-electron chi connectivity index (χ1n) is 5.71. The molecule has 17 heavy (non-hydrogen) atoms. The average molecular weight is 235 g/mol. The van der Waals surface area contributed by atoms with Crippen LogP contribution < -0.4 is 10.6 Å². The topological polar surface area (TPSA) is 79.4 Å². The number of carbonyl (C=O) groups excluding carboxylic acids is 1. The first kappa shape index (κ1) is 11.9. The molecule has 0 bridgehead atoms. The van der Waals surface area contributed by atoms with Crippen LogP contribution in [0.4, 0.5) is 5.69 Å². The molecule has 0 radical (unpaired) electrons. The molecule has 92 valence electrons. The van der Waals surface area contributed by atoms with Crippen molar-refractivity contribution >= 4 is 11.6 Å². The number of amides is 1. The summed E-state index contributed by atoms with van der Waals surface area (Å²) in [5.74, 6) is -0.532. The molecule has 2 heterocycles. The van der Waals surface area contributed by atoms with E-state index >= 15 is 0 Å². The number of carbonyl (C=O) groups is 1. The van der Waals surface area contributed by atoms with Crippen LogP contribution >= 0.6 is 0 Å². The van der Waals surface area contributed by atoms with Crippen molar-refractivity contribution in [3.05, 3.63) is 24.0 Å². The number of β-amino-alcohol motifs (C(OH)–C–C–N with tert-alkyl or cyclic N) is 1. The molecule has 0 saturated carbocycles. The molecule has 5 nitrogen and oxygen atoms in total. The number of piperidine rings is 1. The van der Waals surface area contributed by atoms with Gasteiger partial charge in [0.15, 0.2) is 0 Å². The third-order valence-electron chi connectivity index (χ3n) is 3.04. The molecule has 1 aliphatic heterocycles. The number of primary amides is 1. The summed E-state index contributed by atoms with van der Waals surface area (Å²) in [6.45, 7) is 3.27. The monoisotopic (exact) mass is 235 g/mol. The van der Waals surface area contributed by atoms with Crippen LogP contribution in [0.2, 0.25) is 0 Å². The highest BCUT2D eigenvalue weighted by molar-refractivity contribution is 5.91. The van der Waals surface area contributed by atoms with Crippen molar-refractivity contribution < 1.29 is 9.90 Å². The number of aromatic nitrogens is 1. The Morgan fingerprint density at radius 1 is 1.65 bits per heavy atom. The Balaban J connectivity index is 2.22. The van der Waals surface area contributed by atoms with Gasteiger partial charge in [0.1, 0.15) is 5.69 Å². The minimum absolute atomic E-state index is 0.257. The van der Waals surface area contributed by atoms with Crippen molar-refractivity contribution in [2.45, 2.75) is 25.4 Å². The lowest BCUT2D eigenvalue weighted by Gasteiger charge is -2.38. The van der Waals surface area contributed by atoms with E-state index < -0.39 is 11.5 Å². The minimum Gasteiger partial charge on any atom is -0.388 e. The number of hydrogen-bond acceptors (Lipinski definition) is 4. The Bertz CT molecular complexity index is 432. The quantitative estimate of drug-likeness (QED) is 0.783. The molecule has 1 amide bonds. The molecule has 1 unspecified atom stereocenters. The zero-order chi connectivity index (χ0) is 12.5. The predicted molar refractivity (Wildman–Crippen MR) is 64.8 cm³/mol. The van der Waals surface area contributed by atoms with Gasteiger partial charge in [-0.05, 0) is 31.9 Å². The molecule has 1 aliphatic rings. The molecule has 1 saturated heterocycles. The van der Waals surface area contributed by atoms with Gasteiger partial charge in [-0.15, -0.1) is 0 Å². The van der Waals surface area contributed by atoms with Crippen LogP contribution in [0.1, 0.15) is 30.3 Å². The number of nitrogens with zero attached hydrogens (tertiary/aromatic N) is 2. The van der Waals surface area contributed by atoms with Crippen LogP contribution in [0.5, 0.6) is 0 Å². The first-order chi connectivity index (χ1) is 7.98. The van der Waals surface area contributed by atoms with Crippen molar-refractivity contribution in [3.8, 4) is 0 Å². The summed E-state index contributed by atoms with van der Waals surface area (Å²) in [4.78, 5) is 17.0. The molecular formula is C12H17N3O2. The highest BCUT2D eigenvalue weighted by Crippen LogP contribution is 2.25. The summed E-state index contributed by atoms with van der Waals surface area (Å²) < 4.78 is 0. The SMILES string of the molecule is CC1(O)CCCN(c2ccnc(C(N)=O)c2)C1. The third kappa shape index (κ3) is 2.74. The molecule has 1 aromatic heterocycles. The largest absolute Gasteiger partial charge is 0.388 e. The van der Waals surface area contributed by atoms with E-state index in [1.54, 1.807) is 12.3 Å². The van der Waals surface area contributed by atoms with Crippen LogP contribution in [-0.4, -0.2) is 34.7 Å². The van der Waals surface area contributed by atoms with Crippen LogP contribution in [0, 0.1) is 0 Å². The number of pyridine rings is 1. The van der Waals surface area contributed by atoms with Gasteiger partial charge in [0, 0.05) is 25.0 Å². The van der Waals surface area contributed by atoms with E-state index in [4.69, 9.17) is 5.73 Å². The molecule has 3 N–H and O–H groups in total. The first-order valence-corrected chi connectivity index (χ1v) is 5.71. The van der Waals surface area contributed by atoms with Gasteiger partial charge in [0.25, 0.3) is 5.91 Å². The normalized spacial score (nSPS) is 24.7. The maximum Gasteiger partial charge on any atom is 0.267 e. The highest BCUT2D eigenvalue weighted by Gasteiger charge is 2.28. The summed E-state index contributed by atoms with van der Waals surface area (Å²) in [6, 6.07) is 3.50. The second-order valence-electron chi connectivity index (χ2n) is 4.79. The summed E-state index contributed by atoms with van der Waals surface area (Å²) in [5, 5.41) is 10.0. The molecule has 2 rings (SSSR count). The molecule has 1 fully saturated rings. The van der Waals surface area contributed by atoms with Crippen molar-refractivity contribution in [1.29, 1.82) is 0 Å². The minimum atomic E-state index is -0.672. The van der Waals surface area contributed by atoms with Gasteiger partial charge in [-0.25, -0.2) is 0 Å². The predicted octanol–water partition coefficient (Wildman–Crippen LogP) is 0.532. The summed E-state index contributed by atoms with van der Waals surface area (Å²) >= 11 is 0. The Morgan fingerprint density at radius 3 is 3.06 bits per heavy atom. The second-order valence-corrected chi connectivity index (χ2v) is 4.79. The molecule has 0 aromatic carbocycles. The van der Waals surface area contributed by atoms with Crippen LogP contribution in [0.15, 0.2) is 18.3 Å². The number of anilines is 1. The third-order valence-corrected chi connectivity index (χ3v) is 3.04. The fraction of sp³-hybridized carbons (Fsp3) is 0.500. The van der Waals surface area contributed by atoms with Crippen molar-refractivity contribution in [3.63, 3.8) is 0 Å². The fourth-order valence-electron chi connectivity index (χ4n) is 2.19. The van der Waals surface area contributed by atoms with E-state index in [0.29, 0.717) is 6.54 Å². The molecule has 0 aliphatic carbocycles. The maximum absolute atomic E-state index is 11.1. The Kier molecular flexibility index (Phi) is 3.02. The average Bonchev–Trinajstić information content (AvgIpc) is 2.28. The Hall–Kier alpha value is -1.62. The van der Waals surface area contributed by atoms with E-state index in [1.165, 1.54) is 0 Å². The van der Waals surface area contributed by atoms with E-state index in [2.05, 4.69) is 9.88 Å². The zero-order valence-corrected chi connectivity index (χ0v) is 9.89. The van der Waals surface area contributed by atoms with E-state index in [-0.39, 0.29) is 5.69 Å². The van der Waals surface area contributed by atoms with Gasteiger partial charge >= 0.3 is 0 Å². The smallest absolute Gasteiger partial charge is 0.267 e. The van der Waals surface area contributed by atoms with Gasteiger partial charge < -0.3 is 15.7 Å². The van der Waals surface area contributed by atoms with Crippen LogP contribution in [-0.2, 0) is 0 Å². The van der Waals surface area contributed by atoms with Gasteiger partial charge in [-0.1, -0.05) is 0 Å². The van der Waals surface area contributed by atoms with Gasteiger partial charge in [0.2, 0.25) is 0 Å². The number of hydrogen-bond donors (Lipinski definition) is 2. The fourth-order valence-corrected chi connectivity index (χ4v) is 2.19. The summed E-state index contributed by atoms with van der Waals surface area (Å²) in [5.41, 5.74) is 5.66. The van der Waals surface area contributed by atoms with Crippen molar-refractivity contribution in [1.82, 2.24) is 4.98 Å². The summed E-state index contributed by atoms with van der Waals surface area (Å²) in [6.07, 6.45) is 3.30. The van der Waals surface area contributed by atoms with Gasteiger partial charge in [0.05, 0.1) is 5.60 Å².